The zero-order valence-corrected chi connectivity index (χ0v) is 13.1. The van der Waals surface area contributed by atoms with E-state index >= 15 is 0 Å². The van der Waals surface area contributed by atoms with Crippen LogP contribution in [0.3, 0.4) is 0 Å². The molecule has 0 aromatic heterocycles. The van der Waals surface area contributed by atoms with Crippen LogP contribution in [0.25, 0.3) is 0 Å². The lowest BCUT2D eigenvalue weighted by atomic mass is 9.50. The summed E-state index contributed by atoms with van der Waals surface area (Å²) in [6.45, 7) is 7.93. The molecule has 6 nitrogen and oxygen atoms in total. The summed E-state index contributed by atoms with van der Waals surface area (Å²) in [6.07, 6.45) is -1.18. The Kier molecular flexibility index (Phi) is 1.87. The van der Waals surface area contributed by atoms with E-state index in [1.807, 2.05) is 27.7 Å². The van der Waals surface area contributed by atoms with Crippen LogP contribution in [-0.2, 0) is 23.8 Å². The number of hydrogen-bond acceptors (Lipinski definition) is 6. The summed E-state index contributed by atoms with van der Waals surface area (Å²) in [5.41, 5.74) is -3.53. The highest BCUT2D eigenvalue weighted by Crippen LogP contribution is 2.77. The van der Waals surface area contributed by atoms with Crippen LogP contribution in [0.5, 0.6) is 0 Å². The van der Waals surface area contributed by atoms with Crippen LogP contribution in [0.2, 0.25) is 0 Å². The zero-order chi connectivity index (χ0) is 15.9. The average molecular weight is 308 g/mol. The molecule has 3 saturated heterocycles. The molecule has 8 atom stereocenters. The first-order valence-electron chi connectivity index (χ1n) is 7.91. The molecule has 3 heterocycles. The first-order valence-corrected chi connectivity index (χ1v) is 7.91. The van der Waals surface area contributed by atoms with Gasteiger partial charge in [-0.2, -0.15) is 0 Å². The Hall–Kier alpha value is -1.14. The maximum Gasteiger partial charge on any atom is 0.342 e. The maximum absolute atomic E-state index is 12.5. The van der Waals surface area contributed by atoms with Crippen molar-refractivity contribution in [1.82, 2.24) is 0 Å². The standard InChI is InChI=1S/C16H20O6/c1-13(2,3)7-8-11(17)20-9(7)10-14(4)15(8,19)5-6-16(14,22-6)12(18)21-10/h6-10,19H,5H2,1-4H3/t6-,7+,8-,9-,10-,14-,15-,16+/m1/s1. The molecule has 0 radical (unpaired) electrons. The van der Waals surface area contributed by atoms with Crippen molar-refractivity contribution in [2.75, 3.05) is 0 Å². The maximum atomic E-state index is 12.5. The molecular formula is C16H20O6. The van der Waals surface area contributed by atoms with Crippen LogP contribution in [0.15, 0.2) is 0 Å². The van der Waals surface area contributed by atoms with Gasteiger partial charge in [-0.3, -0.25) is 4.79 Å². The third kappa shape index (κ3) is 0.967. The van der Waals surface area contributed by atoms with Crippen LogP contribution >= 0.6 is 0 Å². The van der Waals surface area contributed by atoms with Crippen molar-refractivity contribution in [2.24, 2.45) is 22.7 Å². The molecule has 0 aromatic carbocycles. The summed E-state index contributed by atoms with van der Waals surface area (Å²) in [5.74, 6) is -1.57. The molecule has 1 spiro atoms. The van der Waals surface area contributed by atoms with Crippen LogP contribution < -0.4 is 0 Å². The average Bonchev–Trinajstić information content (AvgIpc) is 2.85. The van der Waals surface area contributed by atoms with Gasteiger partial charge in [-0.1, -0.05) is 20.8 Å². The highest BCUT2D eigenvalue weighted by atomic mass is 16.7. The largest absolute Gasteiger partial charge is 0.458 e. The molecule has 2 saturated carbocycles. The van der Waals surface area contributed by atoms with E-state index in [4.69, 9.17) is 14.2 Å². The van der Waals surface area contributed by atoms with E-state index in [2.05, 4.69) is 0 Å². The van der Waals surface area contributed by atoms with Crippen molar-refractivity contribution in [3.63, 3.8) is 0 Å². The van der Waals surface area contributed by atoms with Gasteiger partial charge >= 0.3 is 11.9 Å². The number of carbonyl (C=O) groups is 2. The number of epoxide rings is 1. The third-order valence-electron chi connectivity index (χ3n) is 7.03. The zero-order valence-electron chi connectivity index (χ0n) is 13.1. The van der Waals surface area contributed by atoms with E-state index in [0.29, 0.717) is 6.42 Å². The fourth-order valence-electron chi connectivity index (χ4n) is 6.02. The summed E-state index contributed by atoms with van der Waals surface area (Å²) >= 11 is 0. The second-order valence-electron chi connectivity index (χ2n) is 8.77. The number of esters is 2. The molecule has 0 aromatic rings. The number of ether oxygens (including phenoxy) is 3. The predicted molar refractivity (Wildman–Crippen MR) is 71.5 cm³/mol. The molecular weight excluding hydrogens is 288 g/mol. The van der Waals surface area contributed by atoms with Gasteiger partial charge < -0.3 is 19.3 Å². The molecule has 120 valence electrons. The van der Waals surface area contributed by atoms with E-state index in [0.717, 1.165) is 0 Å². The normalized spacial score (nSPS) is 60.7. The number of rotatable bonds is 0. The van der Waals surface area contributed by atoms with E-state index < -0.39 is 40.7 Å². The van der Waals surface area contributed by atoms with E-state index in [1.165, 1.54) is 0 Å². The second kappa shape index (κ2) is 3.08. The molecule has 6 heteroatoms. The fraction of sp³-hybridized carbons (Fsp3) is 0.875. The fourth-order valence-corrected chi connectivity index (χ4v) is 6.02. The van der Waals surface area contributed by atoms with Crippen LogP contribution in [0, 0.1) is 22.7 Å². The summed E-state index contributed by atoms with van der Waals surface area (Å²) in [7, 11) is 0. The van der Waals surface area contributed by atoms with Crippen molar-refractivity contribution in [3.05, 3.63) is 0 Å². The minimum atomic E-state index is -1.31. The van der Waals surface area contributed by atoms with Gasteiger partial charge in [0.25, 0.3) is 0 Å². The van der Waals surface area contributed by atoms with Gasteiger partial charge in [-0.05, 0) is 12.3 Å². The van der Waals surface area contributed by atoms with Crippen molar-refractivity contribution >= 4 is 11.9 Å². The molecule has 0 unspecified atom stereocenters. The van der Waals surface area contributed by atoms with Gasteiger partial charge in [0, 0.05) is 12.3 Å². The lowest BCUT2D eigenvalue weighted by molar-refractivity contribution is -0.212. The number of hydrogen-bond donors (Lipinski definition) is 1. The lowest BCUT2D eigenvalue weighted by Gasteiger charge is -2.53. The monoisotopic (exact) mass is 308 g/mol. The smallest absolute Gasteiger partial charge is 0.342 e. The Balaban J connectivity index is 1.76. The van der Waals surface area contributed by atoms with Gasteiger partial charge in [0.05, 0.1) is 16.9 Å². The molecule has 1 N–H and O–H groups in total. The molecule has 5 rings (SSSR count). The van der Waals surface area contributed by atoms with Crippen LogP contribution in [0.1, 0.15) is 34.1 Å². The summed E-state index contributed by atoms with van der Waals surface area (Å²) < 4.78 is 16.9. The Morgan fingerprint density at radius 1 is 1.23 bits per heavy atom. The molecule has 0 amide bonds. The minimum Gasteiger partial charge on any atom is -0.458 e. The van der Waals surface area contributed by atoms with Crippen molar-refractivity contribution in [3.8, 4) is 0 Å². The van der Waals surface area contributed by atoms with Crippen LogP contribution in [-0.4, -0.2) is 46.6 Å². The van der Waals surface area contributed by atoms with E-state index in [1.54, 1.807) is 0 Å². The van der Waals surface area contributed by atoms with Gasteiger partial charge in [0.2, 0.25) is 5.60 Å². The number of fused-ring (bicyclic) bond motifs is 4. The van der Waals surface area contributed by atoms with Crippen molar-refractivity contribution < 1.29 is 28.9 Å². The Bertz CT molecular complexity index is 637. The molecule has 2 aliphatic carbocycles. The number of aliphatic hydroxyl groups is 1. The Morgan fingerprint density at radius 2 is 1.91 bits per heavy atom. The SMILES string of the molecule is CC(C)(C)[C@@H]1[C@H]2OC(=O)[C@@H]1[C@]1(O)C[C@H]3O[C@]34C(=O)O[C@H]2[C@]14C. The van der Waals surface area contributed by atoms with Gasteiger partial charge in [-0.15, -0.1) is 0 Å². The summed E-state index contributed by atoms with van der Waals surface area (Å²) in [5, 5.41) is 11.5. The lowest BCUT2D eigenvalue weighted by Crippen LogP contribution is -2.67. The quantitative estimate of drug-likeness (QED) is 0.515. The molecule has 22 heavy (non-hydrogen) atoms. The predicted octanol–water partition coefficient (Wildman–Crippen LogP) is 0.408. The van der Waals surface area contributed by atoms with Crippen molar-refractivity contribution in [2.45, 2.75) is 63.6 Å². The van der Waals surface area contributed by atoms with E-state index in [9.17, 15) is 14.7 Å². The van der Waals surface area contributed by atoms with Gasteiger partial charge in [0.1, 0.15) is 12.2 Å². The highest BCUT2D eigenvalue weighted by Gasteiger charge is 2.95. The Labute approximate surface area is 128 Å². The van der Waals surface area contributed by atoms with E-state index in [-0.39, 0.29) is 23.4 Å². The van der Waals surface area contributed by atoms with Gasteiger partial charge in [-0.25, -0.2) is 4.79 Å². The minimum absolute atomic E-state index is 0.177. The molecule has 2 bridgehead atoms. The number of carbonyl (C=O) groups excluding carboxylic acids is 2. The topological polar surface area (TPSA) is 85.4 Å². The van der Waals surface area contributed by atoms with Crippen LogP contribution in [0.4, 0.5) is 0 Å². The Morgan fingerprint density at radius 3 is 2.55 bits per heavy atom. The third-order valence-corrected chi connectivity index (χ3v) is 7.03. The summed E-state index contributed by atoms with van der Waals surface area (Å²) in [4.78, 5) is 24.9. The highest BCUT2D eigenvalue weighted by molar-refractivity contribution is 5.91. The van der Waals surface area contributed by atoms with Crippen molar-refractivity contribution in [1.29, 1.82) is 0 Å². The molecule has 5 fully saturated rings. The first-order chi connectivity index (χ1) is 10.1. The second-order valence-corrected chi connectivity index (χ2v) is 8.77. The molecule has 5 aliphatic rings. The summed E-state index contributed by atoms with van der Waals surface area (Å²) in [6, 6.07) is 0. The molecule has 3 aliphatic heterocycles. The van der Waals surface area contributed by atoms with Gasteiger partial charge in [0.15, 0.2) is 6.10 Å². The first kappa shape index (κ1) is 13.3.